The van der Waals surface area contributed by atoms with E-state index in [4.69, 9.17) is 0 Å². The van der Waals surface area contributed by atoms with Crippen LogP contribution in [0.25, 0.3) is 0 Å². The molecule has 0 bridgehead atoms. The molecule has 0 amide bonds. The van der Waals surface area contributed by atoms with Crippen LogP contribution in [-0.2, 0) is 0 Å². The smallest absolute Gasteiger partial charge is 0.00190 e. The first-order valence-electron chi connectivity index (χ1n) is 4.21. The van der Waals surface area contributed by atoms with Gasteiger partial charge in [0, 0.05) is 0 Å². The zero-order valence-electron chi connectivity index (χ0n) is 7.93. The van der Waals surface area contributed by atoms with Gasteiger partial charge in [-0.05, 0) is 45.5 Å². The van der Waals surface area contributed by atoms with Crippen LogP contribution in [0.5, 0.6) is 0 Å². The maximum atomic E-state index is 3.58. The highest BCUT2D eigenvalue weighted by molar-refractivity contribution is 4.83. The number of allylic oxidation sites excluding steroid dienone is 1. The van der Waals surface area contributed by atoms with Crippen LogP contribution < -0.4 is 0 Å². The first-order chi connectivity index (χ1) is 5.20. The fourth-order valence-electron chi connectivity index (χ4n) is 0.996. The first-order valence-corrected chi connectivity index (χ1v) is 4.21. The Morgan fingerprint density at radius 2 is 2.18 bits per heavy atom. The molecule has 0 rings (SSSR count). The minimum atomic E-state index is 0.662. The molecule has 0 fully saturated rings. The molecule has 11 heavy (non-hydrogen) atoms. The topological polar surface area (TPSA) is 3.24 Å². The Kier molecular flexibility index (Phi) is 5.91. The van der Waals surface area contributed by atoms with Gasteiger partial charge in [0.25, 0.3) is 0 Å². The van der Waals surface area contributed by atoms with Gasteiger partial charge in [-0.3, -0.25) is 0 Å². The van der Waals surface area contributed by atoms with Crippen molar-refractivity contribution in [1.82, 2.24) is 4.90 Å². The highest BCUT2D eigenvalue weighted by atomic mass is 15.0. The molecule has 0 heterocycles. The van der Waals surface area contributed by atoms with Crippen molar-refractivity contribution in [1.29, 1.82) is 0 Å². The van der Waals surface area contributed by atoms with E-state index >= 15 is 0 Å². The van der Waals surface area contributed by atoms with Crippen molar-refractivity contribution in [3.8, 4) is 0 Å². The quantitative estimate of drug-likeness (QED) is 0.548. The van der Waals surface area contributed by atoms with E-state index in [0.29, 0.717) is 5.92 Å². The summed E-state index contributed by atoms with van der Waals surface area (Å²) in [5.41, 5.74) is 2.85. The first kappa shape index (κ1) is 10.5. The van der Waals surface area contributed by atoms with Gasteiger partial charge in [-0.2, -0.15) is 0 Å². The Morgan fingerprint density at radius 1 is 1.55 bits per heavy atom. The van der Waals surface area contributed by atoms with E-state index in [1.54, 1.807) is 0 Å². The zero-order chi connectivity index (χ0) is 8.69. The third-order valence-electron chi connectivity index (χ3n) is 1.83. The molecule has 0 aromatic carbocycles. The van der Waals surface area contributed by atoms with Crippen LogP contribution in [-0.4, -0.2) is 25.5 Å². The number of rotatable bonds is 5. The second-order valence-corrected chi connectivity index (χ2v) is 3.13. The summed E-state index contributed by atoms with van der Waals surface area (Å²) in [5.74, 6) is 0.662. The molecule has 1 heteroatoms. The molecule has 0 aliphatic rings. The molecule has 0 N–H and O–H groups in total. The van der Waals surface area contributed by atoms with Crippen molar-refractivity contribution < 1.29 is 0 Å². The van der Waals surface area contributed by atoms with Crippen molar-refractivity contribution in [3.05, 3.63) is 18.4 Å². The lowest BCUT2D eigenvalue weighted by atomic mass is 10.0. The molecular formula is C10H19N. The summed E-state index contributed by atoms with van der Waals surface area (Å²) in [6.07, 6.45) is 4.48. The SMILES string of the molecule is C=C=CC(CC)CCN(C)C. The molecule has 0 spiro atoms. The summed E-state index contributed by atoms with van der Waals surface area (Å²) >= 11 is 0. The Balaban J connectivity index is 3.60. The normalized spacial score (nSPS) is 12.7. The second kappa shape index (κ2) is 6.21. The summed E-state index contributed by atoms with van der Waals surface area (Å²) in [6, 6.07) is 0. The highest BCUT2D eigenvalue weighted by Gasteiger charge is 2.01. The average Bonchev–Trinajstić information content (AvgIpc) is 1.97. The van der Waals surface area contributed by atoms with E-state index in [-0.39, 0.29) is 0 Å². The van der Waals surface area contributed by atoms with Crippen LogP contribution in [0.1, 0.15) is 19.8 Å². The minimum absolute atomic E-state index is 0.662. The van der Waals surface area contributed by atoms with Gasteiger partial charge in [0.05, 0.1) is 0 Å². The highest BCUT2D eigenvalue weighted by Crippen LogP contribution is 2.08. The number of hydrogen-bond acceptors (Lipinski definition) is 1. The van der Waals surface area contributed by atoms with Crippen LogP contribution in [0.15, 0.2) is 18.4 Å². The van der Waals surface area contributed by atoms with Crippen molar-refractivity contribution in [2.24, 2.45) is 5.92 Å². The van der Waals surface area contributed by atoms with E-state index in [9.17, 15) is 0 Å². The van der Waals surface area contributed by atoms with Gasteiger partial charge in [0.2, 0.25) is 0 Å². The standard InChI is InChI=1S/C10H19N/c1-5-7-10(6-2)8-9-11(3)4/h7,10H,1,6,8-9H2,2-4H3. The van der Waals surface area contributed by atoms with E-state index in [1.807, 2.05) is 0 Å². The molecule has 64 valence electrons. The van der Waals surface area contributed by atoms with Crippen LogP contribution in [0.2, 0.25) is 0 Å². The maximum absolute atomic E-state index is 3.58. The third-order valence-corrected chi connectivity index (χ3v) is 1.83. The molecule has 0 aliphatic carbocycles. The molecule has 0 aromatic rings. The van der Waals surface area contributed by atoms with Crippen molar-refractivity contribution in [2.75, 3.05) is 20.6 Å². The summed E-state index contributed by atoms with van der Waals surface area (Å²) in [6.45, 7) is 6.93. The van der Waals surface area contributed by atoms with Crippen molar-refractivity contribution in [2.45, 2.75) is 19.8 Å². The third kappa shape index (κ3) is 5.90. The largest absolute Gasteiger partial charge is 0.309 e. The second-order valence-electron chi connectivity index (χ2n) is 3.13. The van der Waals surface area contributed by atoms with Crippen LogP contribution >= 0.6 is 0 Å². The van der Waals surface area contributed by atoms with Gasteiger partial charge < -0.3 is 4.90 Å². The van der Waals surface area contributed by atoms with E-state index in [1.165, 1.54) is 12.8 Å². The van der Waals surface area contributed by atoms with Gasteiger partial charge in [0.15, 0.2) is 0 Å². The van der Waals surface area contributed by atoms with Crippen LogP contribution in [0, 0.1) is 5.92 Å². The molecule has 1 atom stereocenters. The average molecular weight is 153 g/mol. The van der Waals surface area contributed by atoms with Gasteiger partial charge in [-0.25, -0.2) is 0 Å². The van der Waals surface area contributed by atoms with Gasteiger partial charge >= 0.3 is 0 Å². The van der Waals surface area contributed by atoms with Gasteiger partial charge in [0.1, 0.15) is 0 Å². The van der Waals surface area contributed by atoms with Crippen molar-refractivity contribution >= 4 is 0 Å². The molecule has 0 saturated heterocycles. The summed E-state index contributed by atoms with van der Waals surface area (Å²) in [5, 5.41) is 0. The van der Waals surface area contributed by atoms with Crippen LogP contribution in [0.4, 0.5) is 0 Å². The molecule has 0 aromatic heterocycles. The lowest BCUT2D eigenvalue weighted by Gasteiger charge is -2.13. The minimum Gasteiger partial charge on any atom is -0.309 e. The Labute approximate surface area is 70.4 Å². The van der Waals surface area contributed by atoms with Crippen molar-refractivity contribution in [3.63, 3.8) is 0 Å². The number of hydrogen-bond donors (Lipinski definition) is 0. The fourth-order valence-corrected chi connectivity index (χ4v) is 0.996. The molecule has 1 unspecified atom stereocenters. The molecule has 0 radical (unpaired) electrons. The Morgan fingerprint density at radius 3 is 2.55 bits per heavy atom. The summed E-state index contributed by atoms with van der Waals surface area (Å²) in [7, 11) is 4.20. The summed E-state index contributed by atoms with van der Waals surface area (Å²) < 4.78 is 0. The number of nitrogens with zero attached hydrogens (tertiary/aromatic N) is 1. The Bertz CT molecular complexity index is 132. The van der Waals surface area contributed by atoms with E-state index in [2.05, 4.69) is 44.3 Å². The summed E-state index contributed by atoms with van der Waals surface area (Å²) in [4.78, 5) is 2.21. The molecule has 0 saturated carbocycles. The predicted octanol–water partition coefficient (Wildman–Crippen LogP) is 2.31. The maximum Gasteiger partial charge on any atom is -0.00190 e. The van der Waals surface area contributed by atoms with Gasteiger partial charge in [-0.15, -0.1) is 5.73 Å². The lowest BCUT2D eigenvalue weighted by molar-refractivity contribution is 0.370. The van der Waals surface area contributed by atoms with Gasteiger partial charge in [-0.1, -0.05) is 13.5 Å². The Hall–Kier alpha value is -0.520. The van der Waals surface area contributed by atoms with E-state index < -0.39 is 0 Å². The monoisotopic (exact) mass is 153 g/mol. The van der Waals surface area contributed by atoms with Crippen LogP contribution in [0.3, 0.4) is 0 Å². The predicted molar refractivity (Wildman–Crippen MR) is 50.7 cm³/mol. The molecule has 0 aliphatic heterocycles. The molecule has 1 nitrogen and oxygen atoms in total. The zero-order valence-corrected chi connectivity index (χ0v) is 7.93. The van der Waals surface area contributed by atoms with E-state index in [0.717, 1.165) is 6.54 Å². The molecular weight excluding hydrogens is 134 g/mol. The lowest BCUT2D eigenvalue weighted by Crippen LogP contribution is -2.15. The fraction of sp³-hybridized carbons (Fsp3) is 0.700.